The van der Waals surface area contributed by atoms with Crippen molar-refractivity contribution in [2.75, 3.05) is 7.11 Å². The Labute approximate surface area is 127 Å². The first-order valence-corrected chi connectivity index (χ1v) is 6.65. The third-order valence-corrected chi connectivity index (χ3v) is 2.97. The van der Waals surface area contributed by atoms with Gasteiger partial charge in [-0.3, -0.25) is 4.68 Å². The van der Waals surface area contributed by atoms with Crippen LogP contribution in [0.15, 0.2) is 18.2 Å². The molecule has 0 atom stereocenters. The number of hydrogen-bond donors (Lipinski definition) is 1. The van der Waals surface area contributed by atoms with Gasteiger partial charge < -0.3 is 14.6 Å². The van der Waals surface area contributed by atoms with Crippen molar-refractivity contribution in [3.8, 4) is 22.8 Å². The third-order valence-electron chi connectivity index (χ3n) is 2.97. The third kappa shape index (κ3) is 3.03. The first kappa shape index (κ1) is 15.8. The van der Waals surface area contributed by atoms with Crippen LogP contribution in [0.1, 0.15) is 24.3 Å². The maximum atomic E-state index is 13.8. The lowest BCUT2D eigenvalue weighted by molar-refractivity contribution is 0.0689. The van der Waals surface area contributed by atoms with Crippen molar-refractivity contribution in [3.05, 3.63) is 29.7 Å². The van der Waals surface area contributed by atoms with Crippen molar-refractivity contribution in [1.82, 2.24) is 9.78 Å². The summed E-state index contributed by atoms with van der Waals surface area (Å²) in [5, 5.41) is 12.9. The van der Waals surface area contributed by atoms with E-state index in [-0.39, 0.29) is 17.5 Å². The van der Waals surface area contributed by atoms with Gasteiger partial charge in [0.1, 0.15) is 5.82 Å². The van der Waals surface area contributed by atoms with E-state index in [1.54, 1.807) is 7.05 Å². The Kier molecular flexibility index (Phi) is 4.35. The largest absolute Gasteiger partial charge is 0.493 e. The molecule has 2 aromatic rings. The number of carboxylic acid groups (broad SMARTS) is 1. The van der Waals surface area contributed by atoms with Crippen molar-refractivity contribution < 1.29 is 23.8 Å². The van der Waals surface area contributed by atoms with Gasteiger partial charge in [-0.2, -0.15) is 5.10 Å². The first-order valence-electron chi connectivity index (χ1n) is 6.65. The first-order chi connectivity index (χ1) is 10.3. The fourth-order valence-electron chi connectivity index (χ4n) is 2.09. The van der Waals surface area contributed by atoms with E-state index in [9.17, 15) is 9.18 Å². The summed E-state index contributed by atoms with van der Waals surface area (Å²) >= 11 is 0. The summed E-state index contributed by atoms with van der Waals surface area (Å²) in [5.41, 5.74) is 0.676. The molecule has 1 N–H and O–H groups in total. The fraction of sp³-hybridized carbons (Fsp3) is 0.333. The quantitative estimate of drug-likeness (QED) is 0.919. The van der Waals surface area contributed by atoms with Gasteiger partial charge in [0, 0.05) is 18.7 Å². The summed E-state index contributed by atoms with van der Waals surface area (Å²) in [6, 6.07) is 3.85. The SMILES string of the molecule is COc1cc(F)cc(-c2cc(C(=O)O)nn2C)c1OC(C)C. The zero-order chi connectivity index (χ0) is 16.4. The number of hydrogen-bond acceptors (Lipinski definition) is 4. The minimum absolute atomic E-state index is 0.128. The van der Waals surface area contributed by atoms with E-state index in [0.29, 0.717) is 17.0 Å². The predicted molar refractivity (Wildman–Crippen MR) is 77.9 cm³/mol. The summed E-state index contributed by atoms with van der Waals surface area (Å²) in [6.45, 7) is 3.66. The lowest BCUT2D eigenvalue weighted by Gasteiger charge is -2.17. The van der Waals surface area contributed by atoms with Crippen LogP contribution in [-0.2, 0) is 7.05 Å². The molecule has 1 aromatic heterocycles. The van der Waals surface area contributed by atoms with Crippen molar-refractivity contribution in [3.63, 3.8) is 0 Å². The second-order valence-corrected chi connectivity index (χ2v) is 4.99. The van der Waals surface area contributed by atoms with Crippen LogP contribution < -0.4 is 9.47 Å². The Morgan fingerprint density at radius 1 is 1.36 bits per heavy atom. The molecule has 0 unspecified atom stereocenters. The molecule has 0 bridgehead atoms. The standard InChI is InChI=1S/C15H17FN2O4/c1-8(2)22-14-10(5-9(16)6-13(14)21-4)12-7-11(15(19)20)17-18(12)3/h5-8H,1-4H3,(H,19,20). The highest BCUT2D eigenvalue weighted by Crippen LogP contribution is 2.39. The Morgan fingerprint density at radius 2 is 2.05 bits per heavy atom. The van der Waals surface area contributed by atoms with Gasteiger partial charge >= 0.3 is 5.97 Å². The maximum Gasteiger partial charge on any atom is 0.356 e. The highest BCUT2D eigenvalue weighted by atomic mass is 19.1. The number of aryl methyl sites for hydroxylation is 1. The lowest BCUT2D eigenvalue weighted by Crippen LogP contribution is -2.09. The number of carbonyl (C=O) groups is 1. The molecule has 0 aliphatic rings. The normalized spacial score (nSPS) is 10.8. The maximum absolute atomic E-state index is 13.8. The van der Waals surface area contributed by atoms with Crippen LogP contribution in [0.4, 0.5) is 4.39 Å². The van der Waals surface area contributed by atoms with E-state index >= 15 is 0 Å². The van der Waals surface area contributed by atoms with Crippen molar-refractivity contribution in [1.29, 1.82) is 0 Å². The average molecular weight is 308 g/mol. The van der Waals surface area contributed by atoms with Crippen molar-refractivity contribution in [2.45, 2.75) is 20.0 Å². The number of halogens is 1. The Balaban J connectivity index is 2.67. The van der Waals surface area contributed by atoms with E-state index in [4.69, 9.17) is 14.6 Å². The summed E-state index contributed by atoms with van der Waals surface area (Å²) in [7, 11) is 3.00. The number of aromatic carboxylic acids is 1. The van der Waals surface area contributed by atoms with Crippen LogP contribution in [-0.4, -0.2) is 34.1 Å². The number of methoxy groups -OCH3 is 1. The Bertz CT molecular complexity index is 710. The molecule has 0 radical (unpaired) electrons. The van der Waals surface area contributed by atoms with Crippen LogP contribution in [0.25, 0.3) is 11.3 Å². The summed E-state index contributed by atoms with van der Waals surface area (Å²) < 4.78 is 26.1. The molecular weight excluding hydrogens is 291 g/mol. The molecule has 0 aliphatic heterocycles. The lowest BCUT2D eigenvalue weighted by atomic mass is 10.1. The zero-order valence-corrected chi connectivity index (χ0v) is 12.8. The highest BCUT2D eigenvalue weighted by Gasteiger charge is 2.21. The molecule has 1 aromatic carbocycles. The molecule has 2 rings (SSSR count). The number of ether oxygens (including phenoxy) is 2. The van der Waals surface area contributed by atoms with Crippen LogP contribution in [0.2, 0.25) is 0 Å². The molecule has 22 heavy (non-hydrogen) atoms. The van der Waals surface area contributed by atoms with E-state index in [1.165, 1.54) is 30.0 Å². The van der Waals surface area contributed by atoms with Gasteiger partial charge in [0.2, 0.25) is 0 Å². The van der Waals surface area contributed by atoms with Gasteiger partial charge in [0.25, 0.3) is 0 Å². The summed E-state index contributed by atoms with van der Waals surface area (Å²) in [4.78, 5) is 11.0. The number of nitrogens with zero attached hydrogens (tertiary/aromatic N) is 2. The molecule has 6 nitrogen and oxygen atoms in total. The van der Waals surface area contributed by atoms with Crippen molar-refractivity contribution >= 4 is 5.97 Å². The molecule has 1 heterocycles. The van der Waals surface area contributed by atoms with Gasteiger partial charge in [0.05, 0.1) is 18.9 Å². The van der Waals surface area contributed by atoms with Gasteiger partial charge in [-0.05, 0) is 26.0 Å². The van der Waals surface area contributed by atoms with E-state index in [0.717, 1.165) is 0 Å². The van der Waals surface area contributed by atoms with E-state index in [2.05, 4.69) is 5.10 Å². The molecule has 0 saturated heterocycles. The minimum Gasteiger partial charge on any atom is -0.493 e. The molecule has 0 spiro atoms. The van der Waals surface area contributed by atoms with Crippen LogP contribution in [0.5, 0.6) is 11.5 Å². The number of aromatic nitrogens is 2. The Morgan fingerprint density at radius 3 is 2.55 bits per heavy atom. The summed E-state index contributed by atoms with van der Waals surface area (Å²) in [6.07, 6.45) is -0.162. The molecule has 0 amide bonds. The average Bonchev–Trinajstić information content (AvgIpc) is 2.82. The predicted octanol–water partition coefficient (Wildman–Crippen LogP) is 2.72. The van der Waals surface area contributed by atoms with E-state index in [1.807, 2.05) is 13.8 Å². The van der Waals surface area contributed by atoms with Crippen LogP contribution in [0.3, 0.4) is 0 Å². The second-order valence-electron chi connectivity index (χ2n) is 4.99. The van der Waals surface area contributed by atoms with Crippen LogP contribution in [0, 0.1) is 5.82 Å². The smallest absolute Gasteiger partial charge is 0.356 e. The van der Waals surface area contributed by atoms with Gasteiger partial charge in [-0.1, -0.05) is 0 Å². The molecule has 0 aliphatic carbocycles. The molecule has 7 heteroatoms. The van der Waals surface area contributed by atoms with Crippen LogP contribution >= 0.6 is 0 Å². The second kappa shape index (κ2) is 6.05. The van der Waals surface area contributed by atoms with Crippen molar-refractivity contribution in [2.24, 2.45) is 7.05 Å². The molecular formula is C15H17FN2O4. The topological polar surface area (TPSA) is 73.6 Å². The van der Waals surface area contributed by atoms with E-state index < -0.39 is 11.8 Å². The summed E-state index contributed by atoms with van der Waals surface area (Å²) in [5.74, 6) is -1.09. The highest BCUT2D eigenvalue weighted by molar-refractivity contribution is 5.87. The number of carboxylic acids is 1. The van der Waals surface area contributed by atoms with Gasteiger partial charge in [0.15, 0.2) is 17.2 Å². The van der Waals surface area contributed by atoms with Gasteiger partial charge in [-0.15, -0.1) is 0 Å². The molecule has 0 fully saturated rings. The molecule has 118 valence electrons. The van der Waals surface area contributed by atoms with Gasteiger partial charge in [-0.25, -0.2) is 9.18 Å². The zero-order valence-electron chi connectivity index (χ0n) is 12.8. The monoisotopic (exact) mass is 308 g/mol. The number of benzene rings is 1. The minimum atomic E-state index is -1.16. The fourth-order valence-corrected chi connectivity index (χ4v) is 2.09. The Hall–Kier alpha value is -2.57. The number of rotatable bonds is 5. The molecule has 0 saturated carbocycles.